The summed E-state index contributed by atoms with van der Waals surface area (Å²) in [6.45, 7) is 9.33. The van der Waals surface area contributed by atoms with Crippen LogP contribution in [0.3, 0.4) is 0 Å². The number of nitrogens with zero attached hydrogens (tertiary/aromatic N) is 2. The predicted molar refractivity (Wildman–Crippen MR) is 253 cm³/mol. The monoisotopic (exact) mass is 845 g/mol. The second-order valence-electron chi connectivity index (χ2n) is 17.3. The van der Waals surface area contributed by atoms with E-state index in [9.17, 15) is 4.79 Å². The average Bonchev–Trinajstić information content (AvgIpc) is 3.13. The maximum absolute atomic E-state index is 10.1. The maximum atomic E-state index is 10.1. The zero-order valence-corrected chi connectivity index (χ0v) is 40.1. The van der Waals surface area contributed by atoms with Crippen LogP contribution in [0.4, 0.5) is 0 Å². The summed E-state index contributed by atoms with van der Waals surface area (Å²) >= 11 is 8.82. The van der Waals surface area contributed by atoms with Crippen molar-refractivity contribution in [1.82, 2.24) is 9.80 Å². The number of hydrogen-bond donors (Lipinski definition) is 0. The molecule has 2 fully saturated rings. The van der Waals surface area contributed by atoms with Gasteiger partial charge in [-0.05, 0) is 159 Å². The smallest absolute Gasteiger partial charge is 0.293 e. The Hall–Kier alpha value is 0.330. The van der Waals surface area contributed by atoms with Crippen molar-refractivity contribution >= 4 is 53.5 Å². The highest BCUT2D eigenvalue weighted by molar-refractivity contribution is 8.00. The topological polar surface area (TPSA) is 42.0 Å². The van der Waals surface area contributed by atoms with Crippen LogP contribution in [0.1, 0.15) is 155 Å². The first-order valence-corrected chi connectivity index (χ1v) is 27.3. The largest absolute Gasteiger partial charge is 0.498 e. The van der Waals surface area contributed by atoms with Crippen molar-refractivity contribution in [2.24, 2.45) is 17.8 Å². The molecule has 0 aromatic rings. The van der Waals surface area contributed by atoms with E-state index in [1.165, 1.54) is 188 Å². The van der Waals surface area contributed by atoms with Gasteiger partial charge in [0.1, 0.15) is 0 Å². The third-order valence-corrected chi connectivity index (χ3v) is 16.9. The second kappa shape index (κ2) is 35.1. The fourth-order valence-electron chi connectivity index (χ4n) is 7.79. The SMILES string of the molecule is CC(C)C(CCC1CCC(C(OCCCCCCSCCCCCCCCSCCCCCCOC=O)=C2CCC2)CC1SCCN(C)C)SCCN(C)C. The van der Waals surface area contributed by atoms with Crippen LogP contribution in [0.5, 0.6) is 0 Å². The van der Waals surface area contributed by atoms with Gasteiger partial charge in [-0.2, -0.15) is 47.0 Å². The van der Waals surface area contributed by atoms with Crippen molar-refractivity contribution in [1.29, 1.82) is 0 Å². The lowest BCUT2D eigenvalue weighted by atomic mass is 9.75. The summed E-state index contributed by atoms with van der Waals surface area (Å²) in [4.78, 5) is 14.8. The number of allylic oxidation sites excluding steroid dienone is 2. The third kappa shape index (κ3) is 26.9. The Labute approximate surface area is 359 Å². The molecule has 0 aromatic heterocycles. The Morgan fingerprint density at radius 3 is 1.78 bits per heavy atom. The van der Waals surface area contributed by atoms with Gasteiger partial charge in [-0.15, -0.1) is 0 Å². The van der Waals surface area contributed by atoms with Gasteiger partial charge in [0.05, 0.1) is 19.0 Å². The van der Waals surface area contributed by atoms with Crippen molar-refractivity contribution in [2.45, 2.75) is 166 Å². The standard InChI is InChI=1S/C46H88N2O3S4/c1-40(2)44(54-36-28-47(3)4)27-26-41-24-25-43(38-45(41)55-37-29-48(5)6)46(42-22-21-23-42)51-31-16-10-14-20-35-53-33-18-12-8-7-11-17-32-52-34-19-13-9-15-30-50-39-49/h39-41,43-45H,7-38H2,1-6H3. The van der Waals surface area contributed by atoms with Gasteiger partial charge in [-0.1, -0.05) is 65.2 Å². The molecular formula is C46H88N2O3S4. The molecule has 0 saturated heterocycles. The molecule has 0 aliphatic heterocycles. The number of unbranched alkanes of at least 4 members (excludes halogenated alkanes) is 11. The summed E-state index contributed by atoms with van der Waals surface area (Å²) in [5.74, 6) is 11.5. The second-order valence-corrected chi connectivity index (χ2v) is 22.5. The molecule has 4 atom stereocenters. The van der Waals surface area contributed by atoms with Crippen molar-refractivity contribution in [3.8, 4) is 0 Å². The number of hydrogen-bond acceptors (Lipinski definition) is 9. The van der Waals surface area contributed by atoms with E-state index in [4.69, 9.17) is 9.47 Å². The van der Waals surface area contributed by atoms with E-state index in [1.54, 1.807) is 5.57 Å². The summed E-state index contributed by atoms with van der Waals surface area (Å²) in [5, 5.41) is 1.56. The Kier molecular flexibility index (Phi) is 32.9. The fourth-order valence-corrected chi connectivity index (χ4v) is 13.0. The first-order chi connectivity index (χ1) is 26.8. The van der Waals surface area contributed by atoms with Crippen LogP contribution >= 0.6 is 47.0 Å². The Bertz CT molecular complexity index is 931. The summed E-state index contributed by atoms with van der Waals surface area (Å²) in [6.07, 6.45) is 29.2. The van der Waals surface area contributed by atoms with Gasteiger partial charge in [0.15, 0.2) is 0 Å². The van der Waals surface area contributed by atoms with E-state index in [0.29, 0.717) is 19.0 Å². The molecule has 0 radical (unpaired) electrons. The maximum Gasteiger partial charge on any atom is 0.293 e. The van der Waals surface area contributed by atoms with Gasteiger partial charge in [0.25, 0.3) is 6.47 Å². The lowest BCUT2D eigenvalue weighted by Crippen LogP contribution is -2.31. The summed E-state index contributed by atoms with van der Waals surface area (Å²) in [6, 6.07) is 0. The Balaban J connectivity index is 1.56. The van der Waals surface area contributed by atoms with Crippen LogP contribution < -0.4 is 0 Å². The predicted octanol–water partition coefficient (Wildman–Crippen LogP) is 12.7. The van der Waals surface area contributed by atoms with E-state index in [0.717, 1.165) is 35.4 Å². The van der Waals surface area contributed by atoms with Crippen molar-refractivity contribution < 1.29 is 14.3 Å². The molecule has 0 heterocycles. The van der Waals surface area contributed by atoms with Gasteiger partial charge in [-0.25, -0.2) is 0 Å². The fraction of sp³-hybridized carbons (Fsp3) is 0.935. The molecule has 55 heavy (non-hydrogen) atoms. The molecule has 0 spiro atoms. The molecule has 9 heteroatoms. The number of ether oxygens (including phenoxy) is 2. The molecule has 4 unspecified atom stereocenters. The summed E-state index contributed by atoms with van der Waals surface area (Å²) in [7, 11) is 8.85. The summed E-state index contributed by atoms with van der Waals surface area (Å²) in [5.41, 5.74) is 1.67. The first-order valence-electron chi connectivity index (χ1n) is 22.9. The van der Waals surface area contributed by atoms with Crippen LogP contribution in [-0.2, 0) is 14.3 Å². The van der Waals surface area contributed by atoms with Gasteiger partial charge in [0, 0.05) is 41.0 Å². The third-order valence-electron chi connectivity index (χ3n) is 11.5. The average molecular weight is 845 g/mol. The molecule has 0 amide bonds. The molecular weight excluding hydrogens is 757 g/mol. The van der Waals surface area contributed by atoms with Gasteiger partial charge in [-0.3, -0.25) is 4.79 Å². The lowest BCUT2D eigenvalue weighted by Gasteiger charge is -2.39. The highest BCUT2D eigenvalue weighted by atomic mass is 32.2. The molecule has 2 rings (SSSR count). The van der Waals surface area contributed by atoms with Gasteiger partial charge in [0.2, 0.25) is 0 Å². The number of rotatable bonds is 38. The number of carbonyl (C=O) groups is 1. The number of thioether (sulfide) groups is 4. The van der Waals surface area contributed by atoms with Gasteiger partial charge < -0.3 is 19.3 Å². The van der Waals surface area contributed by atoms with Crippen molar-refractivity contribution in [2.75, 3.05) is 89.0 Å². The van der Waals surface area contributed by atoms with Gasteiger partial charge >= 0.3 is 0 Å². The van der Waals surface area contributed by atoms with Crippen LogP contribution in [0.2, 0.25) is 0 Å². The Morgan fingerprint density at radius 2 is 1.25 bits per heavy atom. The minimum atomic E-state index is 0.556. The van der Waals surface area contributed by atoms with E-state index >= 15 is 0 Å². The minimum Gasteiger partial charge on any atom is -0.498 e. The molecule has 0 aromatic carbocycles. The number of carbonyl (C=O) groups excluding carboxylic acids is 1. The normalized spacial score (nSPS) is 19.3. The van der Waals surface area contributed by atoms with E-state index < -0.39 is 0 Å². The molecule has 2 saturated carbocycles. The van der Waals surface area contributed by atoms with Crippen LogP contribution in [-0.4, -0.2) is 116 Å². The van der Waals surface area contributed by atoms with Crippen LogP contribution in [0, 0.1) is 17.8 Å². The van der Waals surface area contributed by atoms with E-state index in [1.807, 2.05) is 0 Å². The van der Waals surface area contributed by atoms with Crippen LogP contribution in [0.15, 0.2) is 11.3 Å². The van der Waals surface area contributed by atoms with Crippen molar-refractivity contribution in [3.05, 3.63) is 11.3 Å². The molecule has 0 N–H and O–H groups in total. The molecule has 2 aliphatic rings. The van der Waals surface area contributed by atoms with E-state index in [2.05, 4.69) is 98.9 Å². The summed E-state index contributed by atoms with van der Waals surface area (Å²) < 4.78 is 11.5. The Morgan fingerprint density at radius 1 is 0.709 bits per heavy atom. The molecule has 5 nitrogen and oxygen atoms in total. The lowest BCUT2D eigenvalue weighted by molar-refractivity contribution is -0.128. The highest BCUT2D eigenvalue weighted by Gasteiger charge is 2.35. The molecule has 324 valence electrons. The zero-order valence-electron chi connectivity index (χ0n) is 36.8. The zero-order chi connectivity index (χ0) is 39.8. The van der Waals surface area contributed by atoms with E-state index in [-0.39, 0.29) is 0 Å². The first kappa shape index (κ1) is 51.5. The molecule has 0 bridgehead atoms. The van der Waals surface area contributed by atoms with Crippen molar-refractivity contribution in [3.63, 3.8) is 0 Å². The highest BCUT2D eigenvalue weighted by Crippen LogP contribution is 2.45. The van der Waals surface area contributed by atoms with Crippen LogP contribution in [0.25, 0.3) is 0 Å². The minimum absolute atomic E-state index is 0.556. The quantitative estimate of drug-likeness (QED) is 0.0343. The molecule has 2 aliphatic carbocycles.